The Morgan fingerprint density at radius 1 is 1.47 bits per heavy atom. The molecular weight excluding hydrogens is 324 g/mol. The fourth-order valence-corrected chi connectivity index (χ4v) is 1.53. The standard InChI is InChI=1S/C9H7BrClF3N2O/c10-5-1-4(9(12,13)14)2-6(8(5)17)16-7(15)3-11/h1-2,17H,3H2,(H2,15,16). The van der Waals surface area contributed by atoms with Gasteiger partial charge in [0, 0.05) is 0 Å². The average molecular weight is 332 g/mol. The molecule has 94 valence electrons. The van der Waals surface area contributed by atoms with Crippen molar-refractivity contribution >= 4 is 39.1 Å². The van der Waals surface area contributed by atoms with Crippen LogP contribution in [0.4, 0.5) is 18.9 Å². The smallest absolute Gasteiger partial charge is 0.416 e. The lowest BCUT2D eigenvalue weighted by Gasteiger charge is -2.10. The Kier molecular flexibility index (Phi) is 4.26. The minimum atomic E-state index is -4.53. The summed E-state index contributed by atoms with van der Waals surface area (Å²) in [5, 5.41) is 9.51. The third-order valence-electron chi connectivity index (χ3n) is 1.77. The second kappa shape index (κ2) is 5.14. The lowest BCUT2D eigenvalue weighted by molar-refractivity contribution is -0.137. The van der Waals surface area contributed by atoms with Crippen LogP contribution in [0.2, 0.25) is 0 Å². The van der Waals surface area contributed by atoms with E-state index in [2.05, 4.69) is 20.9 Å². The van der Waals surface area contributed by atoms with Crippen LogP contribution in [0.25, 0.3) is 0 Å². The quantitative estimate of drug-likeness (QED) is 0.496. The SMILES string of the molecule is NC(CCl)=Nc1cc(C(F)(F)F)cc(Br)c1O. The maximum atomic E-state index is 12.5. The first kappa shape index (κ1) is 14.1. The Morgan fingerprint density at radius 3 is 2.53 bits per heavy atom. The molecule has 0 amide bonds. The number of hydrogen-bond acceptors (Lipinski definition) is 2. The van der Waals surface area contributed by atoms with Crippen molar-refractivity contribution in [1.82, 2.24) is 0 Å². The van der Waals surface area contributed by atoms with Gasteiger partial charge in [-0.25, -0.2) is 4.99 Å². The third kappa shape index (κ3) is 3.50. The zero-order valence-electron chi connectivity index (χ0n) is 8.22. The number of phenolic OH excluding ortho intramolecular Hbond substituents is 1. The highest BCUT2D eigenvalue weighted by atomic mass is 79.9. The fraction of sp³-hybridized carbons (Fsp3) is 0.222. The van der Waals surface area contributed by atoms with Gasteiger partial charge in [0.15, 0.2) is 5.75 Å². The van der Waals surface area contributed by atoms with Crippen molar-refractivity contribution in [3.8, 4) is 5.75 Å². The minimum Gasteiger partial charge on any atom is -0.505 e. The van der Waals surface area contributed by atoms with E-state index in [0.29, 0.717) is 6.07 Å². The number of alkyl halides is 4. The molecule has 0 aromatic heterocycles. The lowest BCUT2D eigenvalue weighted by atomic mass is 10.2. The average Bonchev–Trinajstić information content (AvgIpc) is 2.22. The van der Waals surface area contributed by atoms with Crippen LogP contribution in [-0.2, 0) is 6.18 Å². The Morgan fingerprint density at radius 2 is 2.06 bits per heavy atom. The van der Waals surface area contributed by atoms with Crippen LogP contribution in [0.3, 0.4) is 0 Å². The second-order valence-electron chi connectivity index (χ2n) is 3.06. The Labute approximate surface area is 108 Å². The van der Waals surface area contributed by atoms with E-state index >= 15 is 0 Å². The Hall–Kier alpha value is -0.950. The highest BCUT2D eigenvalue weighted by Gasteiger charge is 2.32. The first-order chi connectivity index (χ1) is 7.75. The van der Waals surface area contributed by atoms with Gasteiger partial charge in [0.25, 0.3) is 0 Å². The van der Waals surface area contributed by atoms with E-state index in [1.165, 1.54) is 0 Å². The molecule has 0 unspecified atom stereocenters. The minimum absolute atomic E-state index is 0.0896. The van der Waals surface area contributed by atoms with Crippen LogP contribution in [0, 0.1) is 0 Å². The molecule has 3 N–H and O–H groups in total. The number of amidine groups is 1. The fourth-order valence-electron chi connectivity index (χ4n) is 1.02. The van der Waals surface area contributed by atoms with E-state index < -0.39 is 17.5 Å². The summed E-state index contributed by atoms with van der Waals surface area (Å²) < 4.78 is 37.4. The number of halogens is 5. The van der Waals surface area contributed by atoms with Gasteiger partial charge >= 0.3 is 6.18 Å². The molecule has 0 aliphatic heterocycles. The molecule has 3 nitrogen and oxygen atoms in total. The van der Waals surface area contributed by atoms with Crippen LogP contribution in [0.1, 0.15) is 5.56 Å². The maximum Gasteiger partial charge on any atom is 0.416 e. The summed E-state index contributed by atoms with van der Waals surface area (Å²) in [5.74, 6) is -0.660. The summed E-state index contributed by atoms with van der Waals surface area (Å²) in [6.07, 6.45) is -4.53. The van der Waals surface area contributed by atoms with Gasteiger partial charge in [0.05, 0.1) is 15.9 Å². The summed E-state index contributed by atoms with van der Waals surface area (Å²) >= 11 is 8.16. The second-order valence-corrected chi connectivity index (χ2v) is 4.18. The molecule has 0 radical (unpaired) electrons. The first-order valence-electron chi connectivity index (χ1n) is 4.24. The molecule has 0 atom stereocenters. The van der Waals surface area contributed by atoms with Gasteiger partial charge in [-0.1, -0.05) is 0 Å². The molecule has 0 aliphatic rings. The number of nitrogens with two attached hydrogens (primary N) is 1. The number of hydrogen-bond donors (Lipinski definition) is 2. The van der Waals surface area contributed by atoms with Crippen molar-refractivity contribution in [1.29, 1.82) is 0 Å². The molecule has 1 aromatic rings. The van der Waals surface area contributed by atoms with Gasteiger partial charge in [0.1, 0.15) is 11.5 Å². The van der Waals surface area contributed by atoms with Crippen molar-refractivity contribution in [2.45, 2.75) is 6.18 Å². The van der Waals surface area contributed by atoms with Crippen molar-refractivity contribution < 1.29 is 18.3 Å². The van der Waals surface area contributed by atoms with Crippen LogP contribution in [0.5, 0.6) is 5.75 Å². The molecule has 17 heavy (non-hydrogen) atoms. The summed E-state index contributed by atoms with van der Waals surface area (Å²) in [6.45, 7) is 0. The van der Waals surface area contributed by atoms with E-state index in [4.69, 9.17) is 17.3 Å². The lowest BCUT2D eigenvalue weighted by Crippen LogP contribution is -2.12. The zero-order chi connectivity index (χ0) is 13.2. The molecule has 1 aromatic carbocycles. The van der Waals surface area contributed by atoms with Gasteiger partial charge in [-0.15, -0.1) is 11.6 Å². The van der Waals surface area contributed by atoms with E-state index in [9.17, 15) is 18.3 Å². The van der Waals surface area contributed by atoms with E-state index in [-0.39, 0.29) is 21.9 Å². The molecular formula is C9H7BrClF3N2O. The summed E-state index contributed by atoms with van der Waals surface area (Å²) in [5.41, 5.74) is 4.06. The molecule has 0 fully saturated rings. The van der Waals surface area contributed by atoms with Gasteiger partial charge in [-0.3, -0.25) is 0 Å². The summed E-state index contributed by atoms with van der Waals surface area (Å²) in [4.78, 5) is 3.59. The summed E-state index contributed by atoms with van der Waals surface area (Å²) in [6, 6.07) is 1.45. The van der Waals surface area contributed by atoms with E-state index in [1.807, 2.05) is 0 Å². The van der Waals surface area contributed by atoms with Gasteiger partial charge < -0.3 is 10.8 Å². The normalized spacial score (nSPS) is 12.9. The van der Waals surface area contributed by atoms with Gasteiger partial charge in [-0.2, -0.15) is 13.2 Å². The number of nitrogens with zero attached hydrogens (tertiary/aromatic N) is 1. The van der Waals surface area contributed by atoms with Crippen LogP contribution < -0.4 is 5.73 Å². The molecule has 8 heteroatoms. The highest BCUT2D eigenvalue weighted by Crippen LogP contribution is 2.40. The molecule has 0 bridgehead atoms. The van der Waals surface area contributed by atoms with Crippen LogP contribution in [-0.4, -0.2) is 16.8 Å². The number of aromatic hydroxyl groups is 1. The van der Waals surface area contributed by atoms with Gasteiger partial charge in [-0.05, 0) is 28.1 Å². The predicted octanol–water partition coefficient (Wildman–Crippen LogP) is 3.40. The number of aliphatic imine (C=N–C) groups is 1. The largest absolute Gasteiger partial charge is 0.505 e. The number of phenols is 1. The molecule has 1 rings (SSSR count). The monoisotopic (exact) mass is 330 g/mol. The summed E-state index contributed by atoms with van der Waals surface area (Å²) in [7, 11) is 0. The Balaban J connectivity index is 3.35. The van der Waals surface area contributed by atoms with Gasteiger partial charge in [0.2, 0.25) is 0 Å². The van der Waals surface area contributed by atoms with Crippen molar-refractivity contribution in [3.05, 3.63) is 22.2 Å². The van der Waals surface area contributed by atoms with Crippen molar-refractivity contribution in [2.75, 3.05) is 5.88 Å². The van der Waals surface area contributed by atoms with Crippen molar-refractivity contribution in [3.63, 3.8) is 0 Å². The maximum absolute atomic E-state index is 12.5. The van der Waals surface area contributed by atoms with E-state index in [0.717, 1.165) is 6.07 Å². The molecule has 0 spiro atoms. The highest BCUT2D eigenvalue weighted by molar-refractivity contribution is 9.10. The molecule has 0 aliphatic carbocycles. The molecule has 0 saturated carbocycles. The van der Waals surface area contributed by atoms with Crippen LogP contribution in [0.15, 0.2) is 21.6 Å². The number of benzene rings is 1. The third-order valence-corrected chi connectivity index (χ3v) is 2.65. The van der Waals surface area contributed by atoms with Crippen LogP contribution >= 0.6 is 27.5 Å². The predicted molar refractivity (Wildman–Crippen MR) is 62.8 cm³/mol. The molecule has 0 saturated heterocycles. The zero-order valence-corrected chi connectivity index (χ0v) is 10.6. The van der Waals surface area contributed by atoms with E-state index in [1.54, 1.807) is 0 Å². The molecule has 0 heterocycles. The first-order valence-corrected chi connectivity index (χ1v) is 5.57. The van der Waals surface area contributed by atoms with Crippen molar-refractivity contribution in [2.24, 2.45) is 10.7 Å². The Bertz CT molecular complexity index is 462. The number of rotatable bonds is 2. The topological polar surface area (TPSA) is 58.6 Å².